The van der Waals surface area contributed by atoms with Gasteiger partial charge in [0.25, 0.3) is 0 Å². The molecule has 4 rings (SSSR count). The first-order valence-electron chi connectivity index (χ1n) is 11.6. The van der Waals surface area contributed by atoms with Crippen LogP contribution in [0.3, 0.4) is 0 Å². The highest BCUT2D eigenvalue weighted by Crippen LogP contribution is 2.24. The summed E-state index contributed by atoms with van der Waals surface area (Å²) in [5.74, 6) is -0.893. The summed E-state index contributed by atoms with van der Waals surface area (Å²) in [6.07, 6.45) is 2.86. The smallest absolute Gasteiger partial charge is 0.354 e. The lowest BCUT2D eigenvalue weighted by atomic mass is 10.0. The van der Waals surface area contributed by atoms with Crippen molar-refractivity contribution in [2.45, 2.75) is 38.6 Å². The van der Waals surface area contributed by atoms with Crippen LogP contribution in [0.5, 0.6) is 0 Å². The number of carboxylic acids is 1. The third-order valence-corrected chi connectivity index (χ3v) is 6.11. The molecular weight excluding hydrogens is 444 g/mol. The molecule has 1 atom stereocenters. The summed E-state index contributed by atoms with van der Waals surface area (Å²) in [5.41, 5.74) is 4.11. The molecule has 2 heterocycles. The largest absolute Gasteiger partial charge is 0.477 e. The first kappa shape index (κ1) is 23.9. The van der Waals surface area contributed by atoms with Gasteiger partial charge in [0, 0.05) is 29.7 Å². The lowest BCUT2D eigenvalue weighted by Crippen LogP contribution is -2.45. The van der Waals surface area contributed by atoms with Crippen LogP contribution in [-0.2, 0) is 4.79 Å². The van der Waals surface area contributed by atoms with Gasteiger partial charge in [0.15, 0.2) is 0 Å². The van der Waals surface area contributed by atoms with Crippen molar-refractivity contribution in [3.63, 3.8) is 0 Å². The van der Waals surface area contributed by atoms with Crippen LogP contribution in [0.2, 0.25) is 0 Å². The number of benzene rings is 2. The summed E-state index contributed by atoms with van der Waals surface area (Å²) in [5, 5.41) is 14.8. The van der Waals surface area contributed by atoms with Crippen molar-refractivity contribution in [2.75, 3.05) is 17.2 Å². The van der Waals surface area contributed by atoms with Crippen molar-refractivity contribution in [1.29, 1.82) is 0 Å². The van der Waals surface area contributed by atoms with Crippen LogP contribution >= 0.6 is 0 Å². The van der Waals surface area contributed by atoms with E-state index in [2.05, 4.69) is 29.5 Å². The molecule has 35 heavy (non-hydrogen) atoms. The van der Waals surface area contributed by atoms with Crippen molar-refractivity contribution < 1.29 is 19.5 Å². The maximum atomic E-state index is 13.0. The van der Waals surface area contributed by atoms with Gasteiger partial charge in [0.1, 0.15) is 11.7 Å². The zero-order valence-electron chi connectivity index (χ0n) is 19.7. The average Bonchev–Trinajstić information content (AvgIpc) is 3.35. The van der Waals surface area contributed by atoms with Gasteiger partial charge in [-0.3, -0.25) is 4.79 Å². The number of carbonyl (C=O) groups is 3. The molecule has 2 aromatic carbocycles. The van der Waals surface area contributed by atoms with Crippen LogP contribution < -0.4 is 10.6 Å². The van der Waals surface area contributed by atoms with Crippen LogP contribution in [0.15, 0.2) is 66.9 Å². The van der Waals surface area contributed by atoms with Gasteiger partial charge in [-0.15, -0.1) is 0 Å². The molecule has 1 saturated heterocycles. The Hall–Kier alpha value is -4.20. The fourth-order valence-corrected chi connectivity index (χ4v) is 4.09. The third-order valence-electron chi connectivity index (χ3n) is 6.11. The Morgan fingerprint density at radius 3 is 2.14 bits per heavy atom. The SMILES string of the molecule is CC(C)c1ccc(NC(=O)N2CCC[C@H]2C(=O)Nc2ccc(-c3ccc(C(=O)O)nc3)cc2)cc1. The van der Waals surface area contributed by atoms with Crippen LogP contribution in [0.1, 0.15) is 48.7 Å². The van der Waals surface area contributed by atoms with E-state index in [1.807, 2.05) is 36.4 Å². The number of nitrogens with one attached hydrogen (secondary N) is 2. The molecule has 1 aliphatic heterocycles. The molecule has 1 aliphatic rings. The second-order valence-corrected chi connectivity index (χ2v) is 8.86. The number of urea groups is 1. The number of carboxylic acid groups (broad SMARTS) is 1. The maximum absolute atomic E-state index is 13.0. The molecule has 0 aliphatic carbocycles. The predicted octanol–water partition coefficient (Wildman–Crippen LogP) is 5.21. The molecule has 3 amide bonds. The lowest BCUT2D eigenvalue weighted by Gasteiger charge is -2.24. The summed E-state index contributed by atoms with van der Waals surface area (Å²) in [4.78, 5) is 42.3. The summed E-state index contributed by atoms with van der Waals surface area (Å²) < 4.78 is 0. The number of likely N-dealkylation sites (tertiary alicyclic amines) is 1. The number of nitrogens with zero attached hydrogens (tertiary/aromatic N) is 2. The zero-order chi connectivity index (χ0) is 24.9. The normalized spacial score (nSPS) is 15.2. The number of amides is 3. The molecule has 8 nitrogen and oxygen atoms in total. The molecule has 3 aromatic rings. The van der Waals surface area contributed by atoms with Gasteiger partial charge in [-0.1, -0.05) is 44.2 Å². The number of hydrogen-bond acceptors (Lipinski definition) is 4. The Morgan fingerprint density at radius 1 is 0.914 bits per heavy atom. The topological polar surface area (TPSA) is 112 Å². The number of aromatic nitrogens is 1. The Bertz CT molecular complexity index is 1210. The predicted molar refractivity (Wildman–Crippen MR) is 135 cm³/mol. The van der Waals surface area contributed by atoms with Gasteiger partial charge in [-0.05, 0) is 60.2 Å². The first-order chi connectivity index (χ1) is 16.8. The zero-order valence-corrected chi connectivity index (χ0v) is 19.7. The molecule has 0 bridgehead atoms. The Labute approximate surface area is 204 Å². The van der Waals surface area contributed by atoms with E-state index >= 15 is 0 Å². The van der Waals surface area contributed by atoms with E-state index in [1.54, 1.807) is 23.1 Å². The molecule has 0 unspecified atom stereocenters. The second-order valence-electron chi connectivity index (χ2n) is 8.86. The monoisotopic (exact) mass is 472 g/mol. The molecule has 0 radical (unpaired) electrons. The fraction of sp³-hybridized carbons (Fsp3) is 0.259. The van der Waals surface area contributed by atoms with Gasteiger partial charge in [0.2, 0.25) is 5.91 Å². The second kappa shape index (κ2) is 10.4. The van der Waals surface area contributed by atoms with E-state index in [0.717, 1.165) is 17.5 Å². The standard InChI is InChI=1S/C27H28N4O4/c1-17(2)18-5-10-22(11-6-18)30-27(35)31-15-3-4-24(31)25(32)29-21-12-7-19(8-13-21)20-9-14-23(26(33)34)28-16-20/h5-14,16-17,24H,3-4,15H2,1-2H3,(H,29,32)(H,30,35)(H,33,34)/t24-/m0/s1. The molecule has 0 spiro atoms. The van der Waals surface area contributed by atoms with Gasteiger partial charge in [-0.2, -0.15) is 0 Å². The highest BCUT2D eigenvalue weighted by Gasteiger charge is 2.34. The van der Waals surface area contributed by atoms with Crippen molar-refractivity contribution in [3.8, 4) is 11.1 Å². The molecule has 1 aromatic heterocycles. The third kappa shape index (κ3) is 5.66. The fourth-order valence-electron chi connectivity index (χ4n) is 4.09. The average molecular weight is 473 g/mol. The van der Waals surface area contributed by atoms with E-state index in [4.69, 9.17) is 5.11 Å². The van der Waals surface area contributed by atoms with E-state index in [9.17, 15) is 14.4 Å². The summed E-state index contributed by atoms with van der Waals surface area (Å²) in [6.45, 7) is 4.75. The lowest BCUT2D eigenvalue weighted by molar-refractivity contribution is -0.119. The molecular formula is C27H28N4O4. The van der Waals surface area contributed by atoms with E-state index < -0.39 is 12.0 Å². The minimum absolute atomic E-state index is 0.0182. The van der Waals surface area contributed by atoms with Crippen molar-refractivity contribution in [3.05, 3.63) is 78.1 Å². The van der Waals surface area contributed by atoms with E-state index in [0.29, 0.717) is 30.3 Å². The molecule has 8 heteroatoms. The number of rotatable bonds is 6. The quantitative estimate of drug-likeness (QED) is 0.456. The summed E-state index contributed by atoms with van der Waals surface area (Å²) in [7, 11) is 0. The van der Waals surface area contributed by atoms with E-state index in [-0.39, 0.29) is 17.6 Å². The number of aromatic carboxylic acids is 1. The maximum Gasteiger partial charge on any atom is 0.354 e. The van der Waals surface area contributed by atoms with Gasteiger partial charge < -0.3 is 20.6 Å². The number of pyridine rings is 1. The summed E-state index contributed by atoms with van der Waals surface area (Å²) in [6, 6.07) is 17.3. The van der Waals surface area contributed by atoms with Crippen LogP contribution in [-0.4, -0.2) is 45.5 Å². The van der Waals surface area contributed by atoms with Gasteiger partial charge in [0.05, 0.1) is 0 Å². The molecule has 180 valence electrons. The van der Waals surface area contributed by atoms with Crippen LogP contribution in [0.4, 0.5) is 16.2 Å². The van der Waals surface area contributed by atoms with Gasteiger partial charge in [-0.25, -0.2) is 14.6 Å². The Balaban J connectivity index is 1.37. The van der Waals surface area contributed by atoms with Crippen molar-refractivity contribution in [2.24, 2.45) is 0 Å². The highest BCUT2D eigenvalue weighted by atomic mass is 16.4. The highest BCUT2D eigenvalue weighted by molar-refractivity contribution is 5.99. The van der Waals surface area contributed by atoms with Crippen LogP contribution in [0, 0.1) is 0 Å². The Morgan fingerprint density at radius 2 is 1.54 bits per heavy atom. The number of hydrogen-bond donors (Lipinski definition) is 3. The van der Waals surface area contributed by atoms with Crippen molar-refractivity contribution >= 4 is 29.3 Å². The molecule has 1 fully saturated rings. The molecule has 0 saturated carbocycles. The first-order valence-corrected chi connectivity index (χ1v) is 11.6. The molecule has 3 N–H and O–H groups in total. The number of carbonyl (C=O) groups excluding carboxylic acids is 2. The Kier molecular flexibility index (Phi) is 7.10. The minimum atomic E-state index is -1.08. The van der Waals surface area contributed by atoms with E-state index in [1.165, 1.54) is 17.8 Å². The van der Waals surface area contributed by atoms with Gasteiger partial charge >= 0.3 is 12.0 Å². The summed E-state index contributed by atoms with van der Waals surface area (Å²) >= 11 is 0. The number of anilines is 2. The minimum Gasteiger partial charge on any atom is -0.477 e. The van der Waals surface area contributed by atoms with Crippen LogP contribution in [0.25, 0.3) is 11.1 Å². The van der Waals surface area contributed by atoms with Crippen molar-refractivity contribution in [1.82, 2.24) is 9.88 Å².